The summed E-state index contributed by atoms with van der Waals surface area (Å²) in [5.74, 6) is -1.34. The van der Waals surface area contributed by atoms with Crippen molar-refractivity contribution in [3.05, 3.63) is 30.1 Å². The number of piperidine rings is 1. The quantitative estimate of drug-likeness (QED) is 0.857. The first-order valence-electron chi connectivity index (χ1n) is 8.87. The Labute approximate surface area is 161 Å². The minimum absolute atomic E-state index is 0. The van der Waals surface area contributed by atoms with Crippen LogP contribution < -0.4 is 5.32 Å². The molecule has 4 rings (SSSR count). The number of para-hydroxylation sites is 2. The molecule has 9 heteroatoms. The van der Waals surface area contributed by atoms with Crippen LogP contribution in [0.3, 0.4) is 0 Å². The Bertz CT molecular complexity index is 826. The number of aromatic nitrogens is 2. The largest absolute Gasteiger partial charge is 0.449 e. The van der Waals surface area contributed by atoms with Crippen molar-refractivity contribution < 1.29 is 18.0 Å². The molecule has 1 aromatic heterocycles. The maximum Gasteiger partial charge on any atom is 0.449 e. The summed E-state index contributed by atoms with van der Waals surface area (Å²) >= 11 is 0. The highest BCUT2D eigenvalue weighted by Crippen LogP contribution is 2.32. The van der Waals surface area contributed by atoms with Crippen molar-refractivity contribution >= 4 is 29.3 Å². The van der Waals surface area contributed by atoms with E-state index in [1.807, 2.05) is 0 Å². The van der Waals surface area contributed by atoms with Gasteiger partial charge in [-0.3, -0.25) is 4.79 Å². The molecule has 2 aromatic rings. The van der Waals surface area contributed by atoms with Gasteiger partial charge in [0.1, 0.15) is 6.54 Å². The molecule has 2 fully saturated rings. The summed E-state index contributed by atoms with van der Waals surface area (Å²) in [7, 11) is 1.70. The van der Waals surface area contributed by atoms with Crippen LogP contribution >= 0.6 is 12.4 Å². The molecule has 1 aromatic carbocycles. The Hall–Kier alpha value is -1.80. The molecule has 1 N–H and O–H groups in total. The number of rotatable bonds is 3. The van der Waals surface area contributed by atoms with Crippen LogP contribution in [0, 0.1) is 0 Å². The highest BCUT2D eigenvalue weighted by molar-refractivity contribution is 5.85. The van der Waals surface area contributed by atoms with Crippen molar-refractivity contribution in [2.45, 2.75) is 56.5 Å². The van der Waals surface area contributed by atoms with Gasteiger partial charge in [0.15, 0.2) is 0 Å². The van der Waals surface area contributed by atoms with Gasteiger partial charge in [-0.05, 0) is 37.8 Å². The molecule has 3 heterocycles. The van der Waals surface area contributed by atoms with E-state index in [2.05, 4.69) is 10.3 Å². The SMILES string of the molecule is CN(C(=O)Cn1c(C(F)(F)F)nc2ccccc21)C1CC2CCC(C1)N2.Cl. The third-order valence-electron chi connectivity index (χ3n) is 5.59. The summed E-state index contributed by atoms with van der Waals surface area (Å²) in [6.07, 6.45) is -0.683. The molecule has 2 unspecified atom stereocenters. The normalized spacial score (nSPS) is 24.7. The van der Waals surface area contributed by atoms with Crippen molar-refractivity contribution in [2.24, 2.45) is 0 Å². The van der Waals surface area contributed by atoms with Crippen LogP contribution in [0.5, 0.6) is 0 Å². The van der Waals surface area contributed by atoms with Gasteiger partial charge >= 0.3 is 6.18 Å². The third-order valence-corrected chi connectivity index (χ3v) is 5.59. The summed E-state index contributed by atoms with van der Waals surface area (Å²) in [5.41, 5.74) is 0.571. The first-order valence-corrected chi connectivity index (χ1v) is 8.87. The van der Waals surface area contributed by atoms with Crippen molar-refractivity contribution in [3.8, 4) is 0 Å². The molecule has 2 bridgehead atoms. The van der Waals surface area contributed by atoms with E-state index < -0.39 is 12.0 Å². The van der Waals surface area contributed by atoms with Crippen LogP contribution in [0.1, 0.15) is 31.5 Å². The van der Waals surface area contributed by atoms with Gasteiger partial charge in [0.05, 0.1) is 11.0 Å². The molecule has 2 aliphatic rings. The number of carbonyl (C=O) groups is 1. The van der Waals surface area contributed by atoms with E-state index in [1.165, 1.54) is 6.07 Å². The predicted molar refractivity (Wildman–Crippen MR) is 97.7 cm³/mol. The number of nitrogens with zero attached hydrogens (tertiary/aromatic N) is 3. The number of hydrogen-bond donors (Lipinski definition) is 1. The van der Waals surface area contributed by atoms with E-state index in [4.69, 9.17) is 0 Å². The highest BCUT2D eigenvalue weighted by Gasteiger charge is 2.39. The number of amides is 1. The molecule has 0 radical (unpaired) electrons. The zero-order chi connectivity index (χ0) is 18.5. The number of imidazole rings is 1. The monoisotopic (exact) mass is 402 g/mol. The molecular weight excluding hydrogens is 381 g/mol. The molecule has 5 nitrogen and oxygen atoms in total. The number of carbonyl (C=O) groups excluding carboxylic acids is 1. The maximum absolute atomic E-state index is 13.4. The van der Waals surface area contributed by atoms with E-state index in [9.17, 15) is 18.0 Å². The highest BCUT2D eigenvalue weighted by atomic mass is 35.5. The molecule has 1 amide bonds. The van der Waals surface area contributed by atoms with Gasteiger partial charge in [-0.1, -0.05) is 12.1 Å². The Morgan fingerprint density at radius 1 is 1.26 bits per heavy atom. The van der Waals surface area contributed by atoms with Crippen molar-refractivity contribution in [1.82, 2.24) is 19.8 Å². The van der Waals surface area contributed by atoms with Gasteiger partial charge in [-0.2, -0.15) is 13.2 Å². The van der Waals surface area contributed by atoms with Gasteiger partial charge in [0.25, 0.3) is 0 Å². The average Bonchev–Trinajstić information content (AvgIpc) is 3.14. The van der Waals surface area contributed by atoms with Gasteiger partial charge in [0, 0.05) is 25.2 Å². The van der Waals surface area contributed by atoms with Gasteiger partial charge in [-0.15, -0.1) is 12.4 Å². The fourth-order valence-corrected chi connectivity index (χ4v) is 4.25. The Morgan fingerprint density at radius 3 is 2.52 bits per heavy atom. The number of halogens is 4. The lowest BCUT2D eigenvalue weighted by Gasteiger charge is -2.35. The summed E-state index contributed by atoms with van der Waals surface area (Å²) in [4.78, 5) is 18.1. The second-order valence-electron chi connectivity index (χ2n) is 7.28. The molecule has 148 valence electrons. The van der Waals surface area contributed by atoms with Crippen molar-refractivity contribution in [3.63, 3.8) is 0 Å². The van der Waals surface area contributed by atoms with E-state index in [-0.39, 0.29) is 36.4 Å². The number of benzene rings is 1. The lowest BCUT2D eigenvalue weighted by atomic mass is 9.98. The zero-order valence-electron chi connectivity index (χ0n) is 14.9. The third kappa shape index (κ3) is 3.78. The minimum atomic E-state index is -4.61. The van der Waals surface area contributed by atoms with E-state index >= 15 is 0 Å². The standard InChI is InChI=1S/C18H21F3N4O.ClH/c1-24(13-8-11-6-7-12(9-13)22-11)16(26)10-25-15-5-3-2-4-14(15)23-17(25)18(19,20)21;/h2-5,11-13,22H,6-10H2,1H3;1H. The lowest BCUT2D eigenvalue weighted by Crippen LogP contribution is -2.49. The fraction of sp³-hybridized carbons (Fsp3) is 0.556. The average molecular weight is 403 g/mol. The molecular formula is C18H22ClF3N4O. The van der Waals surface area contributed by atoms with Crippen LogP contribution in [-0.4, -0.2) is 45.5 Å². The maximum atomic E-state index is 13.4. The van der Waals surface area contributed by atoms with Crippen molar-refractivity contribution in [2.75, 3.05) is 7.05 Å². The number of nitrogens with one attached hydrogen (secondary N) is 1. The van der Waals surface area contributed by atoms with Crippen LogP contribution in [0.2, 0.25) is 0 Å². The zero-order valence-corrected chi connectivity index (χ0v) is 15.7. The first-order chi connectivity index (χ1) is 12.3. The Morgan fingerprint density at radius 2 is 1.89 bits per heavy atom. The molecule has 2 saturated heterocycles. The van der Waals surface area contributed by atoms with Crippen LogP contribution in [-0.2, 0) is 17.5 Å². The smallest absolute Gasteiger partial charge is 0.341 e. The van der Waals surface area contributed by atoms with Crippen molar-refractivity contribution in [1.29, 1.82) is 0 Å². The molecule has 2 aliphatic heterocycles. The topological polar surface area (TPSA) is 50.2 Å². The Balaban J connectivity index is 0.00000210. The first kappa shape index (κ1) is 19.9. The minimum Gasteiger partial charge on any atom is -0.341 e. The second-order valence-corrected chi connectivity index (χ2v) is 7.28. The van der Waals surface area contributed by atoms with Gasteiger partial charge < -0.3 is 14.8 Å². The van der Waals surface area contributed by atoms with E-state index in [1.54, 1.807) is 30.1 Å². The molecule has 0 saturated carbocycles. The molecule has 27 heavy (non-hydrogen) atoms. The predicted octanol–water partition coefficient (Wildman–Crippen LogP) is 3.22. The fourth-order valence-electron chi connectivity index (χ4n) is 4.25. The van der Waals surface area contributed by atoms with Crippen LogP contribution in [0.25, 0.3) is 11.0 Å². The summed E-state index contributed by atoms with van der Waals surface area (Å²) < 4.78 is 41.2. The summed E-state index contributed by atoms with van der Waals surface area (Å²) in [5, 5.41) is 3.51. The number of alkyl halides is 3. The molecule has 2 atom stereocenters. The number of hydrogen-bond acceptors (Lipinski definition) is 3. The van der Waals surface area contributed by atoms with Crippen LogP contribution in [0.15, 0.2) is 24.3 Å². The lowest BCUT2D eigenvalue weighted by molar-refractivity contribution is -0.148. The summed E-state index contributed by atoms with van der Waals surface area (Å²) in [6, 6.07) is 7.28. The molecule has 0 aliphatic carbocycles. The van der Waals surface area contributed by atoms with E-state index in [0.717, 1.165) is 30.3 Å². The summed E-state index contributed by atoms with van der Waals surface area (Å²) in [6.45, 7) is -0.356. The Kier molecular flexibility index (Phi) is 5.40. The van der Waals surface area contributed by atoms with E-state index in [0.29, 0.717) is 17.6 Å². The van der Waals surface area contributed by atoms with Gasteiger partial charge in [0.2, 0.25) is 11.7 Å². The van der Waals surface area contributed by atoms with Gasteiger partial charge in [-0.25, -0.2) is 4.98 Å². The van der Waals surface area contributed by atoms with Crippen LogP contribution in [0.4, 0.5) is 13.2 Å². The number of likely N-dealkylation sites (N-methyl/N-ethyl adjacent to an activating group) is 1. The molecule has 0 spiro atoms. The number of fused-ring (bicyclic) bond motifs is 3. The second kappa shape index (κ2) is 7.31.